The molecule has 0 saturated carbocycles. The highest BCUT2D eigenvalue weighted by atomic mass is 79.9. The smallest absolute Gasteiger partial charge is 0.134 e. The molecule has 3 heteroatoms. The Morgan fingerprint density at radius 3 is 2.60 bits per heavy atom. The van der Waals surface area contributed by atoms with Gasteiger partial charge >= 0.3 is 0 Å². The molecule has 0 fully saturated rings. The molecule has 1 atom stereocenters. The summed E-state index contributed by atoms with van der Waals surface area (Å²) in [6, 6.07) is 16.3. The predicted molar refractivity (Wildman–Crippen MR) is 87.8 cm³/mol. The maximum Gasteiger partial charge on any atom is 0.134 e. The second-order valence-electron chi connectivity index (χ2n) is 4.99. The van der Waals surface area contributed by atoms with Crippen LogP contribution in [0.3, 0.4) is 0 Å². The van der Waals surface area contributed by atoms with E-state index in [1.54, 1.807) is 0 Å². The lowest BCUT2D eigenvalue weighted by Crippen LogP contribution is -1.93. The lowest BCUT2D eigenvalue weighted by atomic mass is 10.1. The Hall–Kier alpha value is -1.25. The van der Waals surface area contributed by atoms with Crippen LogP contribution < -0.4 is 0 Å². The molecule has 0 aliphatic heterocycles. The zero-order valence-electron chi connectivity index (χ0n) is 11.1. The number of fused-ring (bicyclic) bond motifs is 1. The van der Waals surface area contributed by atoms with Crippen molar-refractivity contribution in [3.05, 3.63) is 70.4 Å². The van der Waals surface area contributed by atoms with Crippen molar-refractivity contribution in [1.82, 2.24) is 0 Å². The summed E-state index contributed by atoms with van der Waals surface area (Å²) in [5.41, 5.74) is 3.41. The van der Waals surface area contributed by atoms with Gasteiger partial charge < -0.3 is 4.42 Å². The van der Waals surface area contributed by atoms with E-state index in [1.165, 1.54) is 11.1 Å². The largest absolute Gasteiger partial charge is 0.460 e. The third-order valence-electron chi connectivity index (χ3n) is 3.33. The number of rotatable bonds is 3. The molecular formula is C17H14BrClO. The highest BCUT2D eigenvalue weighted by Crippen LogP contribution is 2.32. The Labute approximate surface area is 131 Å². The van der Waals surface area contributed by atoms with Crippen molar-refractivity contribution in [1.29, 1.82) is 0 Å². The summed E-state index contributed by atoms with van der Waals surface area (Å²) in [5.74, 6) is 0.959. The van der Waals surface area contributed by atoms with Crippen molar-refractivity contribution in [3.8, 4) is 0 Å². The number of halogens is 2. The summed E-state index contributed by atoms with van der Waals surface area (Å²) >= 11 is 9.61. The molecular weight excluding hydrogens is 336 g/mol. The van der Waals surface area contributed by atoms with E-state index in [9.17, 15) is 0 Å². The zero-order chi connectivity index (χ0) is 14.1. The maximum atomic E-state index is 5.91. The van der Waals surface area contributed by atoms with Gasteiger partial charge in [0.05, 0.1) is 4.83 Å². The van der Waals surface area contributed by atoms with Gasteiger partial charge in [-0.1, -0.05) is 51.3 Å². The van der Waals surface area contributed by atoms with Crippen LogP contribution in [-0.2, 0) is 6.42 Å². The molecule has 3 aromatic rings. The SMILES string of the molecule is Cc1ccc2oc(C(Br)Cc3ccc(Cl)cc3)cc2c1. The summed E-state index contributed by atoms with van der Waals surface area (Å²) in [6.45, 7) is 2.09. The van der Waals surface area contributed by atoms with Crippen LogP contribution >= 0.6 is 27.5 Å². The van der Waals surface area contributed by atoms with Crippen LogP contribution in [0.1, 0.15) is 21.7 Å². The molecule has 2 aromatic carbocycles. The second-order valence-corrected chi connectivity index (χ2v) is 6.53. The average Bonchev–Trinajstić information content (AvgIpc) is 2.84. The fraction of sp³-hybridized carbons (Fsp3) is 0.176. The van der Waals surface area contributed by atoms with E-state index < -0.39 is 0 Å². The Morgan fingerprint density at radius 1 is 1.10 bits per heavy atom. The first-order valence-corrected chi connectivity index (χ1v) is 7.80. The Morgan fingerprint density at radius 2 is 1.85 bits per heavy atom. The molecule has 0 aliphatic carbocycles. The molecule has 0 radical (unpaired) electrons. The molecule has 1 aromatic heterocycles. The molecule has 20 heavy (non-hydrogen) atoms. The number of alkyl halides is 1. The molecule has 1 nitrogen and oxygen atoms in total. The van der Waals surface area contributed by atoms with Gasteiger partial charge in [-0.25, -0.2) is 0 Å². The topological polar surface area (TPSA) is 13.1 Å². The second kappa shape index (κ2) is 5.63. The monoisotopic (exact) mass is 348 g/mol. The Kier molecular flexibility index (Phi) is 3.86. The van der Waals surface area contributed by atoms with E-state index in [0.717, 1.165) is 28.2 Å². The van der Waals surface area contributed by atoms with Gasteiger partial charge in [-0.15, -0.1) is 0 Å². The number of benzene rings is 2. The van der Waals surface area contributed by atoms with Crippen molar-refractivity contribution < 1.29 is 4.42 Å². The van der Waals surface area contributed by atoms with Gasteiger partial charge in [0.25, 0.3) is 0 Å². The standard InChI is InChI=1S/C17H14BrClO/c1-11-2-7-16-13(8-11)10-17(20-16)15(18)9-12-3-5-14(19)6-4-12/h2-8,10,15H,9H2,1H3. The Bertz CT molecular complexity index is 730. The highest BCUT2D eigenvalue weighted by molar-refractivity contribution is 9.09. The molecule has 0 bridgehead atoms. The van der Waals surface area contributed by atoms with Crippen molar-refractivity contribution in [3.63, 3.8) is 0 Å². The van der Waals surface area contributed by atoms with Crippen LogP contribution in [-0.4, -0.2) is 0 Å². The fourth-order valence-corrected chi connectivity index (χ4v) is 2.99. The van der Waals surface area contributed by atoms with Crippen LogP contribution in [0, 0.1) is 6.92 Å². The van der Waals surface area contributed by atoms with Gasteiger partial charge in [0.1, 0.15) is 11.3 Å². The number of aryl methyl sites for hydroxylation is 1. The lowest BCUT2D eigenvalue weighted by Gasteiger charge is -2.06. The third kappa shape index (κ3) is 2.92. The van der Waals surface area contributed by atoms with E-state index in [1.807, 2.05) is 30.3 Å². The molecule has 0 spiro atoms. The van der Waals surface area contributed by atoms with Gasteiger partial charge in [-0.2, -0.15) is 0 Å². The van der Waals surface area contributed by atoms with E-state index in [0.29, 0.717) is 0 Å². The van der Waals surface area contributed by atoms with Crippen LogP contribution in [0.5, 0.6) is 0 Å². The predicted octanol–water partition coefficient (Wildman–Crippen LogP) is 6.07. The summed E-state index contributed by atoms with van der Waals surface area (Å²) in [5, 5.41) is 1.92. The van der Waals surface area contributed by atoms with E-state index in [-0.39, 0.29) is 4.83 Å². The van der Waals surface area contributed by atoms with E-state index in [4.69, 9.17) is 16.0 Å². The normalized spacial score (nSPS) is 12.8. The van der Waals surface area contributed by atoms with Crippen LogP contribution in [0.25, 0.3) is 11.0 Å². The average molecular weight is 350 g/mol. The fourth-order valence-electron chi connectivity index (χ4n) is 2.27. The van der Waals surface area contributed by atoms with E-state index in [2.05, 4.69) is 41.1 Å². The first-order valence-electron chi connectivity index (χ1n) is 6.50. The quantitative estimate of drug-likeness (QED) is 0.523. The molecule has 1 unspecified atom stereocenters. The molecule has 1 heterocycles. The minimum Gasteiger partial charge on any atom is -0.460 e. The van der Waals surface area contributed by atoms with Crippen molar-refractivity contribution in [2.45, 2.75) is 18.2 Å². The number of furan rings is 1. The number of hydrogen-bond donors (Lipinski definition) is 0. The van der Waals surface area contributed by atoms with Crippen molar-refractivity contribution in [2.24, 2.45) is 0 Å². The minimum atomic E-state index is 0.163. The van der Waals surface area contributed by atoms with Crippen molar-refractivity contribution >= 4 is 38.5 Å². The van der Waals surface area contributed by atoms with Gasteiger partial charge in [0.15, 0.2) is 0 Å². The van der Waals surface area contributed by atoms with Crippen LogP contribution in [0.15, 0.2) is 52.9 Å². The molecule has 3 rings (SSSR count). The zero-order valence-corrected chi connectivity index (χ0v) is 13.4. The summed E-state index contributed by atoms with van der Waals surface area (Å²) in [4.78, 5) is 0.163. The van der Waals surface area contributed by atoms with Crippen molar-refractivity contribution in [2.75, 3.05) is 0 Å². The van der Waals surface area contributed by atoms with Crippen LogP contribution in [0.4, 0.5) is 0 Å². The molecule has 102 valence electrons. The van der Waals surface area contributed by atoms with Gasteiger partial charge in [-0.05, 0) is 49.2 Å². The highest BCUT2D eigenvalue weighted by Gasteiger charge is 2.14. The first-order chi connectivity index (χ1) is 9.61. The summed E-state index contributed by atoms with van der Waals surface area (Å²) in [7, 11) is 0. The summed E-state index contributed by atoms with van der Waals surface area (Å²) < 4.78 is 5.91. The molecule has 0 amide bonds. The lowest BCUT2D eigenvalue weighted by molar-refractivity contribution is 0.545. The third-order valence-corrected chi connectivity index (χ3v) is 4.35. The van der Waals surface area contributed by atoms with E-state index >= 15 is 0 Å². The van der Waals surface area contributed by atoms with Gasteiger partial charge in [0, 0.05) is 10.4 Å². The Balaban J connectivity index is 1.84. The molecule has 0 N–H and O–H groups in total. The number of hydrogen-bond acceptors (Lipinski definition) is 1. The van der Waals surface area contributed by atoms with Gasteiger partial charge in [-0.3, -0.25) is 0 Å². The maximum absolute atomic E-state index is 5.91. The molecule has 0 saturated heterocycles. The van der Waals surface area contributed by atoms with Crippen LogP contribution in [0.2, 0.25) is 5.02 Å². The van der Waals surface area contributed by atoms with Gasteiger partial charge in [0.2, 0.25) is 0 Å². The minimum absolute atomic E-state index is 0.163. The first kappa shape index (κ1) is 13.7. The molecule has 0 aliphatic rings. The summed E-state index contributed by atoms with van der Waals surface area (Å²) in [6.07, 6.45) is 0.871.